The van der Waals surface area contributed by atoms with Crippen molar-refractivity contribution >= 4 is 5.91 Å². The molecular weight excluding hydrogens is 254 g/mol. The molecule has 0 unspecified atom stereocenters. The van der Waals surface area contributed by atoms with Crippen LogP contribution >= 0.6 is 0 Å². The van der Waals surface area contributed by atoms with E-state index in [2.05, 4.69) is 5.32 Å². The monoisotopic (exact) mass is 277 g/mol. The zero-order chi connectivity index (χ0) is 14.4. The van der Waals surface area contributed by atoms with Gasteiger partial charge in [0.15, 0.2) is 0 Å². The Labute approximate surface area is 120 Å². The molecule has 0 radical (unpaired) electrons. The van der Waals surface area contributed by atoms with Crippen molar-refractivity contribution in [1.29, 1.82) is 0 Å². The molecule has 0 spiro atoms. The second kappa shape index (κ2) is 7.29. The minimum Gasteiger partial charge on any atom is -0.497 e. The highest BCUT2D eigenvalue weighted by atomic mass is 16.5. The van der Waals surface area contributed by atoms with Crippen molar-refractivity contribution in [3.8, 4) is 5.75 Å². The molecule has 1 N–H and O–H groups in total. The van der Waals surface area contributed by atoms with E-state index < -0.39 is 0 Å². The molecule has 0 aliphatic heterocycles. The Balaban J connectivity index is 2.00. The summed E-state index contributed by atoms with van der Waals surface area (Å²) in [4.78, 5) is 12.1. The van der Waals surface area contributed by atoms with Gasteiger partial charge >= 0.3 is 0 Å². The fraction of sp³-hybridized carbons (Fsp3) is 0.562. The van der Waals surface area contributed by atoms with E-state index in [1.165, 1.54) is 0 Å². The Kier molecular flexibility index (Phi) is 5.41. The van der Waals surface area contributed by atoms with E-state index in [4.69, 9.17) is 9.47 Å². The lowest BCUT2D eigenvalue weighted by Crippen LogP contribution is -2.25. The van der Waals surface area contributed by atoms with Gasteiger partial charge in [0.1, 0.15) is 5.75 Å². The number of aryl methyl sites for hydroxylation is 1. The number of methoxy groups -OCH3 is 2. The molecule has 0 bridgehead atoms. The molecule has 2 rings (SSSR count). The molecule has 20 heavy (non-hydrogen) atoms. The van der Waals surface area contributed by atoms with E-state index in [0.29, 0.717) is 11.6 Å². The van der Waals surface area contributed by atoms with Gasteiger partial charge in [-0.15, -0.1) is 0 Å². The number of nitrogens with one attached hydrogen (secondary N) is 1. The molecule has 1 aromatic carbocycles. The van der Waals surface area contributed by atoms with Crippen LogP contribution in [0.25, 0.3) is 0 Å². The minimum atomic E-state index is 0.00421. The number of hydrogen-bond donors (Lipinski definition) is 1. The minimum absolute atomic E-state index is 0.00421. The zero-order valence-electron chi connectivity index (χ0n) is 12.3. The molecule has 4 heteroatoms. The first-order valence-corrected chi connectivity index (χ1v) is 7.20. The van der Waals surface area contributed by atoms with Gasteiger partial charge in [-0.1, -0.05) is 0 Å². The van der Waals surface area contributed by atoms with Crippen molar-refractivity contribution in [2.45, 2.75) is 38.1 Å². The van der Waals surface area contributed by atoms with Crippen LogP contribution in [0, 0.1) is 0 Å². The average molecular weight is 277 g/mol. The van der Waals surface area contributed by atoms with Crippen LogP contribution in [-0.4, -0.2) is 32.8 Å². The molecule has 1 amide bonds. The lowest BCUT2D eigenvalue weighted by Gasteiger charge is -2.09. The summed E-state index contributed by atoms with van der Waals surface area (Å²) in [6.07, 6.45) is 5.20. The third-order valence-electron chi connectivity index (χ3n) is 3.44. The largest absolute Gasteiger partial charge is 0.497 e. The molecule has 0 aromatic heterocycles. The van der Waals surface area contributed by atoms with Crippen molar-refractivity contribution < 1.29 is 14.3 Å². The van der Waals surface area contributed by atoms with Gasteiger partial charge in [0.2, 0.25) is 0 Å². The SMILES string of the molecule is COCCCCc1cc(OC)cc(C(=O)NC2CC2)c1. The number of rotatable bonds is 8. The molecule has 0 heterocycles. The maximum Gasteiger partial charge on any atom is 0.251 e. The van der Waals surface area contributed by atoms with Crippen LogP contribution in [0.15, 0.2) is 18.2 Å². The highest BCUT2D eigenvalue weighted by Crippen LogP contribution is 2.22. The van der Waals surface area contributed by atoms with E-state index in [9.17, 15) is 4.79 Å². The number of ether oxygens (including phenoxy) is 2. The predicted octanol–water partition coefficient (Wildman–Crippen LogP) is 2.56. The fourth-order valence-electron chi connectivity index (χ4n) is 2.13. The molecule has 1 aliphatic rings. The number of carbonyl (C=O) groups excluding carboxylic acids is 1. The van der Waals surface area contributed by atoms with Crippen LogP contribution in [0.3, 0.4) is 0 Å². The highest BCUT2D eigenvalue weighted by molar-refractivity contribution is 5.95. The van der Waals surface area contributed by atoms with Gasteiger partial charge in [0.25, 0.3) is 5.91 Å². The number of benzene rings is 1. The smallest absolute Gasteiger partial charge is 0.251 e. The topological polar surface area (TPSA) is 47.6 Å². The van der Waals surface area contributed by atoms with Gasteiger partial charge in [-0.2, -0.15) is 0 Å². The third-order valence-corrected chi connectivity index (χ3v) is 3.44. The number of carbonyl (C=O) groups is 1. The van der Waals surface area contributed by atoms with Crippen LogP contribution in [0.2, 0.25) is 0 Å². The van der Waals surface area contributed by atoms with Crippen molar-refractivity contribution in [2.75, 3.05) is 20.8 Å². The zero-order valence-corrected chi connectivity index (χ0v) is 12.3. The Morgan fingerprint density at radius 3 is 2.70 bits per heavy atom. The molecule has 0 saturated heterocycles. The quantitative estimate of drug-likeness (QED) is 0.743. The molecule has 4 nitrogen and oxygen atoms in total. The lowest BCUT2D eigenvalue weighted by molar-refractivity contribution is 0.0950. The van der Waals surface area contributed by atoms with E-state index in [-0.39, 0.29) is 5.91 Å². The lowest BCUT2D eigenvalue weighted by atomic mass is 10.0. The first-order valence-electron chi connectivity index (χ1n) is 7.20. The van der Waals surface area contributed by atoms with Crippen LogP contribution in [-0.2, 0) is 11.2 Å². The summed E-state index contributed by atoms with van der Waals surface area (Å²) >= 11 is 0. The van der Waals surface area contributed by atoms with Crippen molar-refractivity contribution in [3.05, 3.63) is 29.3 Å². The van der Waals surface area contributed by atoms with Crippen LogP contribution < -0.4 is 10.1 Å². The first kappa shape index (κ1) is 14.9. The van der Waals surface area contributed by atoms with Crippen LogP contribution in [0.4, 0.5) is 0 Å². The van der Waals surface area contributed by atoms with E-state index in [1.54, 1.807) is 20.3 Å². The molecule has 110 valence electrons. The van der Waals surface area contributed by atoms with Crippen molar-refractivity contribution in [2.24, 2.45) is 0 Å². The first-order chi connectivity index (χ1) is 9.72. The molecule has 1 aromatic rings. The summed E-state index contributed by atoms with van der Waals surface area (Å²) in [6, 6.07) is 6.14. The molecule has 1 aliphatic carbocycles. The maximum absolute atomic E-state index is 12.1. The van der Waals surface area contributed by atoms with Gasteiger partial charge < -0.3 is 14.8 Å². The average Bonchev–Trinajstić information content (AvgIpc) is 3.27. The van der Waals surface area contributed by atoms with Crippen LogP contribution in [0.5, 0.6) is 5.75 Å². The van der Waals surface area contributed by atoms with E-state index >= 15 is 0 Å². The van der Waals surface area contributed by atoms with Gasteiger partial charge in [0.05, 0.1) is 7.11 Å². The van der Waals surface area contributed by atoms with Crippen molar-refractivity contribution in [1.82, 2.24) is 5.32 Å². The number of hydrogen-bond acceptors (Lipinski definition) is 3. The summed E-state index contributed by atoms with van der Waals surface area (Å²) in [5.74, 6) is 0.750. The standard InChI is InChI=1S/C16H23NO3/c1-19-8-4-3-5-12-9-13(11-15(10-12)20-2)16(18)17-14-6-7-14/h9-11,14H,3-8H2,1-2H3,(H,17,18). The van der Waals surface area contributed by atoms with Gasteiger partial charge in [0, 0.05) is 25.3 Å². The Morgan fingerprint density at radius 1 is 1.25 bits per heavy atom. The Morgan fingerprint density at radius 2 is 2.05 bits per heavy atom. The Bertz CT molecular complexity index is 455. The molecule has 0 atom stereocenters. The molecule has 1 fully saturated rings. The van der Waals surface area contributed by atoms with Gasteiger partial charge in [-0.3, -0.25) is 4.79 Å². The summed E-state index contributed by atoms with van der Waals surface area (Å²) < 4.78 is 10.3. The summed E-state index contributed by atoms with van der Waals surface area (Å²) in [5.41, 5.74) is 1.83. The Hall–Kier alpha value is -1.55. The van der Waals surface area contributed by atoms with E-state index in [0.717, 1.165) is 50.0 Å². The summed E-state index contributed by atoms with van der Waals surface area (Å²) in [6.45, 7) is 0.777. The van der Waals surface area contributed by atoms with Gasteiger partial charge in [-0.05, 0) is 55.9 Å². The number of amides is 1. The molecule has 1 saturated carbocycles. The second-order valence-electron chi connectivity index (χ2n) is 5.27. The normalized spacial score (nSPS) is 14.1. The maximum atomic E-state index is 12.1. The van der Waals surface area contributed by atoms with Gasteiger partial charge in [-0.25, -0.2) is 0 Å². The molecular formula is C16H23NO3. The summed E-state index contributed by atoms with van der Waals surface area (Å²) in [5, 5.41) is 3.01. The summed E-state index contributed by atoms with van der Waals surface area (Å²) in [7, 11) is 3.35. The van der Waals surface area contributed by atoms with Crippen LogP contribution in [0.1, 0.15) is 41.6 Å². The fourth-order valence-corrected chi connectivity index (χ4v) is 2.13. The highest BCUT2D eigenvalue weighted by Gasteiger charge is 2.24. The third kappa shape index (κ3) is 4.53. The van der Waals surface area contributed by atoms with E-state index in [1.807, 2.05) is 12.1 Å². The second-order valence-corrected chi connectivity index (χ2v) is 5.27. The number of unbranched alkanes of at least 4 members (excludes halogenated alkanes) is 1. The predicted molar refractivity (Wildman–Crippen MR) is 78.3 cm³/mol. The van der Waals surface area contributed by atoms with Crippen molar-refractivity contribution in [3.63, 3.8) is 0 Å².